The van der Waals surface area contributed by atoms with Crippen LogP contribution in [-0.4, -0.2) is 12.1 Å². The van der Waals surface area contributed by atoms with Gasteiger partial charge >= 0.3 is 0 Å². The first kappa shape index (κ1) is 17.0. The summed E-state index contributed by atoms with van der Waals surface area (Å²) in [5.74, 6) is 0.768. The number of fused-ring (bicyclic) bond motifs is 1. The first-order valence-corrected chi connectivity index (χ1v) is 9.03. The second-order valence-electron chi connectivity index (χ2n) is 5.13. The number of aromatic nitrogens is 1. The molecule has 0 atom stereocenters. The molecule has 0 spiro atoms. The van der Waals surface area contributed by atoms with Crippen LogP contribution in [0.3, 0.4) is 0 Å². The molecule has 0 radical (unpaired) electrons. The quantitative estimate of drug-likeness (QED) is 0.482. The Kier molecular flexibility index (Phi) is 4.91. The maximum atomic E-state index is 9.55. The highest BCUT2D eigenvalue weighted by Gasteiger charge is 2.11. The van der Waals surface area contributed by atoms with Gasteiger partial charge in [-0.15, -0.1) is 11.3 Å². The Hall–Kier alpha value is -1.87. The highest BCUT2D eigenvalue weighted by atomic mass is 79.9. The molecule has 120 valence electrons. The zero-order chi connectivity index (χ0) is 17.3. The molecule has 6 heteroatoms. The van der Waals surface area contributed by atoms with Gasteiger partial charge in [0.15, 0.2) is 0 Å². The number of halogens is 2. The Labute approximate surface area is 157 Å². The number of rotatable bonds is 3. The van der Waals surface area contributed by atoms with Crippen LogP contribution in [-0.2, 0) is 0 Å². The second-order valence-corrected chi connectivity index (χ2v) is 7.45. The maximum absolute atomic E-state index is 9.55. The van der Waals surface area contributed by atoms with E-state index in [9.17, 15) is 5.26 Å². The highest BCUT2D eigenvalue weighted by Crippen LogP contribution is 2.32. The molecule has 1 heterocycles. The van der Waals surface area contributed by atoms with Crippen LogP contribution in [0.25, 0.3) is 21.9 Å². The van der Waals surface area contributed by atoms with Gasteiger partial charge in [-0.05, 0) is 48.9 Å². The van der Waals surface area contributed by atoms with Crippen LogP contribution in [0.2, 0.25) is 5.02 Å². The van der Waals surface area contributed by atoms with Gasteiger partial charge in [-0.3, -0.25) is 0 Å². The van der Waals surface area contributed by atoms with Crippen molar-refractivity contribution in [2.45, 2.75) is 6.92 Å². The molecule has 3 rings (SSSR count). The molecule has 0 aliphatic carbocycles. The average molecular weight is 420 g/mol. The van der Waals surface area contributed by atoms with Crippen molar-refractivity contribution in [2.24, 2.45) is 0 Å². The Bertz CT molecular complexity index is 1000. The van der Waals surface area contributed by atoms with E-state index in [4.69, 9.17) is 16.3 Å². The highest BCUT2D eigenvalue weighted by molar-refractivity contribution is 9.10. The lowest BCUT2D eigenvalue weighted by molar-refractivity contribution is 0.411. The van der Waals surface area contributed by atoms with Crippen molar-refractivity contribution in [1.82, 2.24) is 4.98 Å². The van der Waals surface area contributed by atoms with Crippen molar-refractivity contribution in [3.05, 3.63) is 56.0 Å². The molecule has 24 heavy (non-hydrogen) atoms. The molecule has 0 saturated heterocycles. The molecule has 0 fully saturated rings. The number of thiazole rings is 1. The van der Waals surface area contributed by atoms with Gasteiger partial charge in [-0.25, -0.2) is 4.98 Å². The number of hydrogen-bond donors (Lipinski definition) is 0. The van der Waals surface area contributed by atoms with Gasteiger partial charge in [-0.1, -0.05) is 27.5 Å². The van der Waals surface area contributed by atoms with Crippen molar-refractivity contribution in [2.75, 3.05) is 7.11 Å². The summed E-state index contributed by atoms with van der Waals surface area (Å²) in [5, 5.41) is 10.9. The summed E-state index contributed by atoms with van der Waals surface area (Å²) in [6, 6.07) is 11.6. The summed E-state index contributed by atoms with van der Waals surface area (Å²) in [6.45, 7) is 1.97. The number of benzene rings is 2. The molecule has 0 saturated carbocycles. The average Bonchev–Trinajstić information content (AvgIpc) is 2.98. The topological polar surface area (TPSA) is 45.9 Å². The number of methoxy groups -OCH3 is 1. The van der Waals surface area contributed by atoms with Crippen LogP contribution in [0.1, 0.15) is 16.1 Å². The van der Waals surface area contributed by atoms with Crippen molar-refractivity contribution in [3.8, 4) is 11.8 Å². The minimum atomic E-state index is 0.505. The first-order valence-electron chi connectivity index (χ1n) is 7.04. The SMILES string of the molecule is COc1cc(/C=C(\C#N)c2nc3cc(Cl)ccc3s2)cc(Br)c1C. The molecule has 2 aromatic carbocycles. The molecule has 3 nitrogen and oxygen atoms in total. The molecular formula is C18H12BrClN2OS. The minimum absolute atomic E-state index is 0.505. The fourth-order valence-corrected chi connectivity index (χ4v) is 3.83. The summed E-state index contributed by atoms with van der Waals surface area (Å²) in [6.07, 6.45) is 1.81. The van der Waals surface area contributed by atoms with E-state index in [1.807, 2.05) is 37.3 Å². The van der Waals surface area contributed by atoms with Gasteiger partial charge in [0.25, 0.3) is 0 Å². The van der Waals surface area contributed by atoms with E-state index in [2.05, 4.69) is 27.0 Å². The van der Waals surface area contributed by atoms with Crippen LogP contribution >= 0.6 is 38.9 Å². The van der Waals surface area contributed by atoms with Gasteiger partial charge in [0.05, 0.1) is 22.9 Å². The number of ether oxygens (including phenoxy) is 1. The van der Waals surface area contributed by atoms with Gasteiger partial charge in [-0.2, -0.15) is 5.26 Å². The van der Waals surface area contributed by atoms with Gasteiger partial charge in [0.2, 0.25) is 0 Å². The van der Waals surface area contributed by atoms with Crippen LogP contribution in [0.4, 0.5) is 0 Å². The summed E-state index contributed by atoms with van der Waals surface area (Å²) >= 11 is 11.0. The standard InChI is InChI=1S/C18H12BrClN2OS/c1-10-14(19)6-11(7-16(10)23-2)5-12(9-21)18-22-15-8-13(20)3-4-17(15)24-18/h3-8H,1-2H3/b12-5+. The van der Waals surface area contributed by atoms with Crippen LogP contribution in [0.15, 0.2) is 34.8 Å². The molecule has 0 aliphatic heterocycles. The zero-order valence-corrected chi connectivity index (χ0v) is 16.1. The number of hydrogen-bond acceptors (Lipinski definition) is 4. The smallest absolute Gasteiger partial charge is 0.135 e. The number of nitriles is 1. The third-order valence-electron chi connectivity index (χ3n) is 3.55. The van der Waals surface area contributed by atoms with Gasteiger partial charge in [0, 0.05) is 15.1 Å². The van der Waals surface area contributed by atoms with E-state index < -0.39 is 0 Å². The van der Waals surface area contributed by atoms with E-state index >= 15 is 0 Å². The molecule has 1 aromatic heterocycles. The maximum Gasteiger partial charge on any atom is 0.135 e. The number of allylic oxidation sites excluding steroid dienone is 1. The van der Waals surface area contributed by atoms with Gasteiger partial charge in [0.1, 0.15) is 16.8 Å². The van der Waals surface area contributed by atoms with Crippen molar-refractivity contribution < 1.29 is 4.74 Å². The van der Waals surface area contributed by atoms with Crippen LogP contribution in [0.5, 0.6) is 5.75 Å². The molecule has 0 bridgehead atoms. The molecule has 0 N–H and O–H groups in total. The second kappa shape index (κ2) is 6.94. The van der Waals surface area contributed by atoms with E-state index in [1.165, 1.54) is 11.3 Å². The Morgan fingerprint density at radius 2 is 2.17 bits per heavy atom. The lowest BCUT2D eigenvalue weighted by atomic mass is 10.1. The van der Waals surface area contributed by atoms with E-state index in [1.54, 1.807) is 13.2 Å². The molecular weight excluding hydrogens is 408 g/mol. The Morgan fingerprint density at radius 3 is 2.88 bits per heavy atom. The summed E-state index contributed by atoms with van der Waals surface area (Å²) in [7, 11) is 1.63. The third-order valence-corrected chi connectivity index (χ3v) is 5.68. The largest absolute Gasteiger partial charge is 0.496 e. The normalized spacial score (nSPS) is 11.5. The van der Waals surface area contributed by atoms with Gasteiger partial charge < -0.3 is 4.74 Å². The lowest BCUT2D eigenvalue weighted by Crippen LogP contribution is -1.90. The molecule has 3 aromatic rings. The predicted octanol–water partition coefficient (Wildman–Crippen LogP) is 6.09. The Balaban J connectivity index is 2.09. The van der Waals surface area contributed by atoms with E-state index in [-0.39, 0.29) is 0 Å². The van der Waals surface area contributed by atoms with Crippen molar-refractivity contribution >= 4 is 60.7 Å². The molecule has 0 amide bonds. The molecule has 0 aliphatic rings. The summed E-state index contributed by atoms with van der Waals surface area (Å²) in [4.78, 5) is 4.52. The minimum Gasteiger partial charge on any atom is -0.496 e. The fraction of sp³-hybridized carbons (Fsp3) is 0.111. The zero-order valence-electron chi connectivity index (χ0n) is 12.9. The lowest BCUT2D eigenvalue weighted by Gasteiger charge is -2.08. The third kappa shape index (κ3) is 3.32. The first-order chi connectivity index (χ1) is 11.5. The van der Waals surface area contributed by atoms with Crippen molar-refractivity contribution in [3.63, 3.8) is 0 Å². The van der Waals surface area contributed by atoms with E-state index in [0.29, 0.717) is 15.6 Å². The summed E-state index contributed by atoms with van der Waals surface area (Å²) < 4.78 is 7.31. The van der Waals surface area contributed by atoms with Crippen LogP contribution in [0, 0.1) is 18.3 Å². The fourth-order valence-electron chi connectivity index (χ4n) is 2.29. The number of nitrogens with zero attached hydrogens (tertiary/aromatic N) is 2. The Morgan fingerprint density at radius 1 is 1.38 bits per heavy atom. The van der Waals surface area contributed by atoms with E-state index in [0.717, 1.165) is 31.6 Å². The monoisotopic (exact) mass is 418 g/mol. The van der Waals surface area contributed by atoms with Crippen molar-refractivity contribution in [1.29, 1.82) is 5.26 Å². The molecule has 0 unspecified atom stereocenters. The predicted molar refractivity (Wildman–Crippen MR) is 104 cm³/mol. The van der Waals surface area contributed by atoms with Crippen LogP contribution < -0.4 is 4.74 Å². The summed E-state index contributed by atoms with van der Waals surface area (Å²) in [5.41, 5.74) is 3.19.